The number of carbonyl (C=O) groups is 2. The largest absolute Gasteiger partial charge is 0.482 e. The van der Waals surface area contributed by atoms with Crippen LogP contribution in [0.3, 0.4) is 0 Å². The van der Waals surface area contributed by atoms with Gasteiger partial charge in [-0.3, -0.25) is 4.79 Å². The molecule has 0 radical (unpaired) electrons. The molecule has 132 valence electrons. The summed E-state index contributed by atoms with van der Waals surface area (Å²) in [7, 11) is 1.73. The predicted molar refractivity (Wildman–Crippen MR) is 97.1 cm³/mol. The molecule has 2 aromatic rings. The zero-order valence-corrected chi connectivity index (χ0v) is 14.6. The van der Waals surface area contributed by atoms with Crippen molar-refractivity contribution in [1.82, 2.24) is 0 Å². The summed E-state index contributed by atoms with van der Waals surface area (Å²) >= 11 is 0. The highest BCUT2D eigenvalue weighted by Gasteiger charge is 2.11. The Hall–Kier alpha value is -2.82. The number of hydrogen-bond acceptors (Lipinski definition) is 3. The maximum absolute atomic E-state index is 12.4. The van der Waals surface area contributed by atoms with Crippen LogP contribution in [0.2, 0.25) is 0 Å². The Labute approximate surface area is 147 Å². The lowest BCUT2D eigenvalue weighted by molar-refractivity contribution is -0.139. The molecule has 5 nitrogen and oxygen atoms in total. The van der Waals surface area contributed by atoms with Crippen molar-refractivity contribution in [1.29, 1.82) is 0 Å². The van der Waals surface area contributed by atoms with Crippen molar-refractivity contribution in [2.24, 2.45) is 0 Å². The minimum Gasteiger partial charge on any atom is -0.482 e. The first kappa shape index (κ1) is 18.5. The van der Waals surface area contributed by atoms with E-state index in [9.17, 15) is 9.59 Å². The fraction of sp³-hybridized carbons (Fsp3) is 0.300. The summed E-state index contributed by atoms with van der Waals surface area (Å²) in [4.78, 5) is 24.4. The fourth-order valence-corrected chi connectivity index (χ4v) is 2.42. The highest BCUT2D eigenvalue weighted by Crippen LogP contribution is 2.19. The molecule has 0 aliphatic carbocycles. The van der Waals surface area contributed by atoms with E-state index < -0.39 is 5.97 Å². The number of nitrogens with zero attached hydrogens (tertiary/aromatic N) is 1. The molecule has 25 heavy (non-hydrogen) atoms. The summed E-state index contributed by atoms with van der Waals surface area (Å²) in [5.41, 5.74) is 3.18. The summed E-state index contributed by atoms with van der Waals surface area (Å²) in [5, 5.41) is 8.59. The van der Waals surface area contributed by atoms with Crippen LogP contribution < -0.4 is 9.64 Å². The molecular formula is C20H23NO4. The van der Waals surface area contributed by atoms with Crippen LogP contribution >= 0.6 is 0 Å². The zero-order chi connectivity index (χ0) is 18.2. The van der Waals surface area contributed by atoms with Gasteiger partial charge in [0.05, 0.1) is 0 Å². The van der Waals surface area contributed by atoms with E-state index in [1.54, 1.807) is 36.2 Å². The SMILES string of the molecule is CCc1ccc(CCC(=O)N(C)c2ccc(OCC(=O)O)cc2)cc1. The molecule has 0 aromatic heterocycles. The average molecular weight is 341 g/mol. The van der Waals surface area contributed by atoms with Crippen LogP contribution in [0.15, 0.2) is 48.5 Å². The van der Waals surface area contributed by atoms with E-state index in [0.29, 0.717) is 18.6 Å². The van der Waals surface area contributed by atoms with Gasteiger partial charge in [0, 0.05) is 19.2 Å². The number of aliphatic carboxylic acids is 1. The Morgan fingerprint density at radius 3 is 2.16 bits per heavy atom. The second kappa shape index (κ2) is 8.87. The molecule has 0 saturated heterocycles. The zero-order valence-electron chi connectivity index (χ0n) is 14.6. The number of carboxylic acid groups (broad SMARTS) is 1. The van der Waals surface area contributed by atoms with Crippen LogP contribution in [-0.2, 0) is 22.4 Å². The molecule has 0 aliphatic heterocycles. The van der Waals surface area contributed by atoms with Crippen LogP contribution in [0.25, 0.3) is 0 Å². The van der Waals surface area contributed by atoms with Crippen molar-refractivity contribution in [2.75, 3.05) is 18.6 Å². The smallest absolute Gasteiger partial charge is 0.341 e. The molecule has 0 atom stereocenters. The number of ether oxygens (including phenoxy) is 1. The monoisotopic (exact) mass is 341 g/mol. The van der Waals surface area contributed by atoms with E-state index in [-0.39, 0.29) is 12.5 Å². The summed E-state index contributed by atoms with van der Waals surface area (Å²) < 4.78 is 5.08. The number of rotatable bonds is 8. The van der Waals surface area contributed by atoms with Gasteiger partial charge in [0.25, 0.3) is 0 Å². The number of aryl methyl sites for hydroxylation is 2. The Morgan fingerprint density at radius 2 is 1.60 bits per heavy atom. The second-order valence-corrected chi connectivity index (χ2v) is 5.80. The number of benzene rings is 2. The number of hydrogen-bond donors (Lipinski definition) is 1. The van der Waals surface area contributed by atoms with Crippen LogP contribution in [0, 0.1) is 0 Å². The van der Waals surface area contributed by atoms with Gasteiger partial charge in [-0.25, -0.2) is 4.79 Å². The highest BCUT2D eigenvalue weighted by atomic mass is 16.5. The molecule has 5 heteroatoms. The number of carboxylic acids is 1. The van der Waals surface area contributed by atoms with E-state index in [4.69, 9.17) is 9.84 Å². The molecule has 0 aliphatic rings. The standard InChI is InChI=1S/C20H23NO4/c1-3-15-4-6-16(7-5-15)8-13-19(22)21(2)17-9-11-18(12-10-17)25-14-20(23)24/h4-7,9-12H,3,8,13-14H2,1-2H3,(H,23,24). The molecule has 0 spiro atoms. The van der Waals surface area contributed by atoms with Crippen molar-refractivity contribution < 1.29 is 19.4 Å². The van der Waals surface area contributed by atoms with Gasteiger partial charge in [0.2, 0.25) is 5.91 Å². The van der Waals surface area contributed by atoms with Crippen molar-refractivity contribution in [3.05, 3.63) is 59.7 Å². The molecule has 0 bridgehead atoms. The van der Waals surface area contributed by atoms with Gasteiger partial charge in [-0.15, -0.1) is 0 Å². The lowest BCUT2D eigenvalue weighted by Gasteiger charge is -2.18. The first-order valence-corrected chi connectivity index (χ1v) is 8.28. The summed E-state index contributed by atoms with van der Waals surface area (Å²) in [6.07, 6.45) is 2.14. The minimum atomic E-state index is -1.02. The molecule has 2 aromatic carbocycles. The van der Waals surface area contributed by atoms with Gasteiger partial charge in [-0.05, 0) is 48.2 Å². The third-order valence-electron chi connectivity index (χ3n) is 4.02. The molecule has 0 saturated carbocycles. The molecule has 2 rings (SSSR count). The first-order valence-electron chi connectivity index (χ1n) is 8.28. The van der Waals surface area contributed by atoms with E-state index in [1.165, 1.54) is 5.56 Å². The van der Waals surface area contributed by atoms with Gasteiger partial charge in [0.15, 0.2) is 6.61 Å². The van der Waals surface area contributed by atoms with Crippen molar-refractivity contribution in [2.45, 2.75) is 26.2 Å². The van der Waals surface area contributed by atoms with Gasteiger partial charge >= 0.3 is 5.97 Å². The fourth-order valence-electron chi connectivity index (χ4n) is 2.42. The molecule has 0 heterocycles. The van der Waals surface area contributed by atoms with E-state index in [1.807, 2.05) is 0 Å². The van der Waals surface area contributed by atoms with Gasteiger partial charge < -0.3 is 14.7 Å². The van der Waals surface area contributed by atoms with Crippen LogP contribution in [0.1, 0.15) is 24.5 Å². The Kier molecular flexibility index (Phi) is 6.57. The Bertz CT molecular complexity index is 707. The molecule has 1 N–H and O–H groups in total. The number of carbonyl (C=O) groups excluding carboxylic acids is 1. The lowest BCUT2D eigenvalue weighted by atomic mass is 10.1. The van der Waals surface area contributed by atoms with Crippen molar-refractivity contribution >= 4 is 17.6 Å². The van der Waals surface area contributed by atoms with Crippen LogP contribution in [0.5, 0.6) is 5.75 Å². The van der Waals surface area contributed by atoms with E-state index in [0.717, 1.165) is 17.7 Å². The Balaban J connectivity index is 1.89. The Morgan fingerprint density at radius 1 is 1.00 bits per heavy atom. The second-order valence-electron chi connectivity index (χ2n) is 5.80. The summed E-state index contributed by atoms with van der Waals surface area (Å²) in [5.74, 6) is -0.537. The third-order valence-corrected chi connectivity index (χ3v) is 4.02. The first-order chi connectivity index (χ1) is 12.0. The number of anilines is 1. The van der Waals surface area contributed by atoms with Gasteiger partial charge in [0.1, 0.15) is 5.75 Å². The van der Waals surface area contributed by atoms with Crippen molar-refractivity contribution in [3.63, 3.8) is 0 Å². The maximum Gasteiger partial charge on any atom is 0.341 e. The van der Waals surface area contributed by atoms with Crippen LogP contribution in [-0.4, -0.2) is 30.6 Å². The van der Waals surface area contributed by atoms with Gasteiger partial charge in [-0.2, -0.15) is 0 Å². The average Bonchev–Trinajstić information content (AvgIpc) is 2.64. The topological polar surface area (TPSA) is 66.8 Å². The maximum atomic E-state index is 12.4. The molecule has 0 fully saturated rings. The van der Waals surface area contributed by atoms with E-state index >= 15 is 0 Å². The number of amides is 1. The lowest BCUT2D eigenvalue weighted by Crippen LogP contribution is -2.26. The molecular weight excluding hydrogens is 318 g/mol. The van der Waals surface area contributed by atoms with Crippen LogP contribution in [0.4, 0.5) is 5.69 Å². The highest BCUT2D eigenvalue weighted by molar-refractivity contribution is 5.92. The molecule has 1 amide bonds. The third kappa shape index (κ3) is 5.64. The molecule has 0 unspecified atom stereocenters. The minimum absolute atomic E-state index is 0.0266. The quantitative estimate of drug-likeness (QED) is 0.800. The van der Waals surface area contributed by atoms with Gasteiger partial charge in [-0.1, -0.05) is 31.2 Å². The van der Waals surface area contributed by atoms with Crippen molar-refractivity contribution in [3.8, 4) is 5.75 Å². The predicted octanol–water partition coefficient (Wildman–Crippen LogP) is 3.31. The van der Waals surface area contributed by atoms with E-state index in [2.05, 4.69) is 31.2 Å². The normalized spacial score (nSPS) is 10.3. The summed E-state index contributed by atoms with van der Waals surface area (Å²) in [6, 6.07) is 15.1. The summed E-state index contributed by atoms with van der Waals surface area (Å²) in [6.45, 7) is 1.73.